The lowest BCUT2D eigenvalue weighted by Gasteiger charge is -2.25. The van der Waals surface area contributed by atoms with E-state index in [0.29, 0.717) is 6.04 Å². The molecule has 4 heteroatoms. The van der Waals surface area contributed by atoms with Crippen LogP contribution < -0.4 is 5.73 Å². The third-order valence-corrected chi connectivity index (χ3v) is 4.61. The van der Waals surface area contributed by atoms with Crippen LogP contribution in [0.2, 0.25) is 0 Å². The number of benzene rings is 1. The van der Waals surface area contributed by atoms with Gasteiger partial charge in [-0.1, -0.05) is 24.3 Å². The maximum Gasteiger partial charge on any atom is 0.130 e. The van der Waals surface area contributed by atoms with Crippen LogP contribution in [-0.2, 0) is 5.67 Å². The number of likely N-dealkylation sites (tertiary alicyclic amines) is 1. The molecule has 1 aliphatic heterocycles. The average molecular weight is 317 g/mol. The molecule has 23 heavy (non-hydrogen) atoms. The number of hydrogen-bond donors (Lipinski definition) is 1. The fourth-order valence-electron chi connectivity index (χ4n) is 3.02. The van der Waals surface area contributed by atoms with E-state index in [9.17, 15) is 4.39 Å². The molecule has 0 spiro atoms. The zero-order valence-electron chi connectivity index (χ0n) is 14.6. The molecule has 3 nitrogen and oxygen atoms in total. The normalized spacial score (nSPS) is 21.2. The molecule has 1 aromatic carbocycles. The largest absolute Gasteiger partial charge is 0.390 e. The van der Waals surface area contributed by atoms with Gasteiger partial charge in [0.1, 0.15) is 5.67 Å². The summed E-state index contributed by atoms with van der Waals surface area (Å²) in [4.78, 5) is 6.59. The van der Waals surface area contributed by atoms with Crippen molar-refractivity contribution in [3.63, 3.8) is 0 Å². The third-order valence-electron chi connectivity index (χ3n) is 4.61. The van der Waals surface area contributed by atoms with Gasteiger partial charge in [0.05, 0.1) is 18.4 Å². The van der Waals surface area contributed by atoms with Crippen molar-refractivity contribution in [3.05, 3.63) is 47.2 Å². The van der Waals surface area contributed by atoms with Crippen molar-refractivity contribution >= 4 is 6.34 Å². The lowest BCUT2D eigenvalue weighted by molar-refractivity contribution is 0.221. The molecule has 1 heterocycles. The van der Waals surface area contributed by atoms with E-state index in [1.807, 2.05) is 19.1 Å². The summed E-state index contributed by atoms with van der Waals surface area (Å²) in [5, 5.41) is 0. The van der Waals surface area contributed by atoms with E-state index < -0.39 is 5.67 Å². The minimum atomic E-state index is -1.29. The minimum absolute atomic E-state index is 0.0935. The zero-order valence-corrected chi connectivity index (χ0v) is 14.6. The molecule has 1 aromatic rings. The minimum Gasteiger partial charge on any atom is -0.390 e. The second-order valence-corrected chi connectivity index (χ2v) is 6.84. The molecule has 1 fully saturated rings. The average Bonchev–Trinajstić information content (AvgIpc) is 2.94. The highest BCUT2D eigenvalue weighted by Crippen LogP contribution is 2.34. The van der Waals surface area contributed by atoms with Crippen molar-refractivity contribution in [2.24, 2.45) is 10.7 Å². The molecule has 2 rings (SSSR count). The third kappa shape index (κ3) is 4.34. The van der Waals surface area contributed by atoms with Crippen LogP contribution in [0.5, 0.6) is 0 Å². The Morgan fingerprint density at radius 1 is 1.39 bits per heavy atom. The molecule has 0 bridgehead atoms. The van der Waals surface area contributed by atoms with E-state index in [2.05, 4.69) is 35.1 Å². The van der Waals surface area contributed by atoms with Crippen LogP contribution in [0, 0.1) is 0 Å². The summed E-state index contributed by atoms with van der Waals surface area (Å²) in [6.45, 7) is 8.35. The summed E-state index contributed by atoms with van der Waals surface area (Å²) in [7, 11) is 0. The van der Waals surface area contributed by atoms with Gasteiger partial charge in [-0.15, -0.1) is 0 Å². The molecule has 0 saturated carbocycles. The van der Waals surface area contributed by atoms with E-state index in [0.717, 1.165) is 18.5 Å². The first kappa shape index (κ1) is 17.5. The van der Waals surface area contributed by atoms with Gasteiger partial charge in [-0.3, -0.25) is 4.99 Å². The lowest BCUT2D eigenvalue weighted by atomic mass is 9.96. The Morgan fingerprint density at radius 3 is 2.61 bits per heavy atom. The highest BCUT2D eigenvalue weighted by Gasteiger charge is 2.25. The van der Waals surface area contributed by atoms with Gasteiger partial charge in [-0.2, -0.15) is 0 Å². The van der Waals surface area contributed by atoms with Crippen LogP contribution in [0.15, 0.2) is 41.0 Å². The van der Waals surface area contributed by atoms with E-state index >= 15 is 0 Å². The molecule has 2 N–H and O–H groups in total. The van der Waals surface area contributed by atoms with Crippen molar-refractivity contribution in [1.82, 2.24) is 4.90 Å². The Hall–Kier alpha value is -1.84. The fraction of sp³-hybridized carbons (Fsp3) is 0.526. The molecule has 2 atom stereocenters. The Kier molecular flexibility index (Phi) is 5.45. The van der Waals surface area contributed by atoms with Crippen molar-refractivity contribution in [3.8, 4) is 0 Å². The summed E-state index contributed by atoms with van der Waals surface area (Å²) in [6.07, 6.45) is 5.85. The summed E-state index contributed by atoms with van der Waals surface area (Å²) < 4.78 is 14.0. The Morgan fingerprint density at radius 2 is 2.04 bits per heavy atom. The van der Waals surface area contributed by atoms with Gasteiger partial charge >= 0.3 is 0 Å². The van der Waals surface area contributed by atoms with Crippen LogP contribution in [0.4, 0.5) is 4.39 Å². The Bertz CT molecular complexity index is 569. The van der Waals surface area contributed by atoms with Gasteiger partial charge in [0, 0.05) is 12.7 Å². The molecular weight excluding hydrogens is 289 g/mol. The van der Waals surface area contributed by atoms with Crippen LogP contribution in [0.25, 0.3) is 0 Å². The quantitative estimate of drug-likeness (QED) is 0.649. The Balaban J connectivity index is 2.17. The maximum absolute atomic E-state index is 14.0. The smallest absolute Gasteiger partial charge is 0.130 e. The molecule has 2 unspecified atom stereocenters. The SMILES string of the molecule is C/C(=C\N1CCCC1c1ccc(C(C)(C)F)cc1)C(C)N=CN. The van der Waals surface area contributed by atoms with Gasteiger partial charge in [-0.25, -0.2) is 4.39 Å². The summed E-state index contributed by atoms with van der Waals surface area (Å²) >= 11 is 0. The molecule has 1 saturated heterocycles. The summed E-state index contributed by atoms with van der Waals surface area (Å²) in [5.41, 5.74) is 7.25. The highest BCUT2D eigenvalue weighted by atomic mass is 19.1. The molecule has 0 radical (unpaired) electrons. The summed E-state index contributed by atoms with van der Waals surface area (Å²) in [5.74, 6) is 0. The van der Waals surface area contributed by atoms with Gasteiger partial charge in [0.25, 0.3) is 0 Å². The highest BCUT2D eigenvalue weighted by molar-refractivity contribution is 5.52. The first-order chi connectivity index (χ1) is 10.8. The lowest BCUT2D eigenvalue weighted by Crippen LogP contribution is -2.19. The van der Waals surface area contributed by atoms with E-state index in [1.54, 1.807) is 13.8 Å². The van der Waals surface area contributed by atoms with Crippen molar-refractivity contribution in [2.75, 3.05) is 6.54 Å². The van der Waals surface area contributed by atoms with Gasteiger partial charge in [-0.05, 0) is 57.2 Å². The number of nitrogens with two attached hydrogens (primary N) is 1. The molecule has 126 valence electrons. The van der Waals surface area contributed by atoms with E-state index in [-0.39, 0.29) is 6.04 Å². The van der Waals surface area contributed by atoms with Crippen LogP contribution >= 0.6 is 0 Å². The first-order valence-corrected chi connectivity index (χ1v) is 8.29. The summed E-state index contributed by atoms with van der Waals surface area (Å²) in [6, 6.07) is 8.38. The van der Waals surface area contributed by atoms with Crippen molar-refractivity contribution in [1.29, 1.82) is 0 Å². The molecule has 0 amide bonds. The second-order valence-electron chi connectivity index (χ2n) is 6.84. The second kappa shape index (κ2) is 7.16. The van der Waals surface area contributed by atoms with Crippen LogP contribution in [0.1, 0.15) is 57.7 Å². The van der Waals surface area contributed by atoms with Crippen LogP contribution in [0.3, 0.4) is 0 Å². The van der Waals surface area contributed by atoms with Gasteiger partial charge in [0.2, 0.25) is 0 Å². The van der Waals surface area contributed by atoms with Crippen LogP contribution in [-0.4, -0.2) is 23.8 Å². The predicted molar refractivity (Wildman–Crippen MR) is 95.2 cm³/mol. The predicted octanol–water partition coefficient (Wildman–Crippen LogP) is 4.31. The fourth-order valence-corrected chi connectivity index (χ4v) is 3.02. The number of nitrogens with zero attached hydrogens (tertiary/aromatic N) is 2. The number of rotatable bonds is 5. The number of hydrogen-bond acceptors (Lipinski definition) is 2. The maximum atomic E-state index is 14.0. The van der Waals surface area contributed by atoms with E-state index in [1.165, 1.54) is 23.9 Å². The molecular formula is C19H28FN3. The number of halogens is 1. The number of alkyl halides is 1. The monoisotopic (exact) mass is 317 g/mol. The van der Waals surface area contributed by atoms with Crippen molar-refractivity contribution in [2.45, 2.75) is 58.3 Å². The van der Waals surface area contributed by atoms with Gasteiger partial charge in [0.15, 0.2) is 0 Å². The molecule has 0 aromatic heterocycles. The van der Waals surface area contributed by atoms with Gasteiger partial charge < -0.3 is 10.6 Å². The van der Waals surface area contributed by atoms with E-state index in [4.69, 9.17) is 5.73 Å². The number of aliphatic imine (C=N–C) groups is 1. The van der Waals surface area contributed by atoms with Crippen molar-refractivity contribution < 1.29 is 4.39 Å². The standard InChI is InChI=1S/C19H28FN3/c1-14(15(2)22-13-21)12-23-11-5-6-18(23)16-7-9-17(10-8-16)19(3,4)20/h7-10,12-13,15,18H,5-6,11H2,1-4H3,(H2,21,22)/b14-12+. The molecule has 1 aliphatic rings. The zero-order chi connectivity index (χ0) is 17.0. The Labute approximate surface area is 139 Å². The first-order valence-electron chi connectivity index (χ1n) is 8.29. The topological polar surface area (TPSA) is 41.6 Å². The molecule has 0 aliphatic carbocycles.